The second-order valence-corrected chi connectivity index (χ2v) is 9.77. The van der Waals surface area contributed by atoms with Crippen molar-refractivity contribution >= 4 is 22.6 Å². The average molecular weight is 574 g/mol. The highest BCUT2D eigenvalue weighted by Crippen LogP contribution is 2.37. The Kier molecular flexibility index (Phi) is 7.60. The van der Waals surface area contributed by atoms with E-state index in [2.05, 4.69) is 10.3 Å². The Morgan fingerprint density at radius 3 is 2.22 bits per heavy atom. The molecule has 41 heavy (non-hydrogen) atoms. The Morgan fingerprint density at radius 1 is 0.927 bits per heavy atom. The van der Waals surface area contributed by atoms with Gasteiger partial charge in [0.15, 0.2) is 0 Å². The van der Waals surface area contributed by atoms with E-state index in [1.165, 1.54) is 13.2 Å². The number of fused-ring (bicyclic) bond motifs is 1. The lowest BCUT2D eigenvalue weighted by Crippen LogP contribution is -2.44. The van der Waals surface area contributed by atoms with Crippen LogP contribution in [0, 0.1) is 0 Å². The number of hydrogen-bond acceptors (Lipinski definition) is 5. The van der Waals surface area contributed by atoms with Crippen LogP contribution < -0.4 is 10.2 Å². The van der Waals surface area contributed by atoms with Gasteiger partial charge in [0.25, 0.3) is 5.91 Å². The van der Waals surface area contributed by atoms with Crippen molar-refractivity contribution < 1.29 is 31.1 Å². The van der Waals surface area contributed by atoms with Crippen LogP contribution in [0.1, 0.15) is 27.0 Å². The van der Waals surface area contributed by atoms with Gasteiger partial charge in [0.1, 0.15) is 0 Å². The largest absolute Gasteiger partial charge is 0.416 e. The molecule has 0 radical (unpaired) electrons. The number of alkyl halides is 6. The molecule has 0 spiro atoms. The van der Waals surface area contributed by atoms with E-state index in [0.29, 0.717) is 42.4 Å². The second-order valence-electron chi connectivity index (χ2n) is 9.77. The lowest BCUT2D eigenvalue weighted by atomic mass is 9.99. The zero-order valence-corrected chi connectivity index (χ0v) is 21.9. The molecular formula is C29H25F6N5O. The van der Waals surface area contributed by atoms with E-state index in [9.17, 15) is 31.1 Å². The molecule has 1 amide bonds. The summed E-state index contributed by atoms with van der Waals surface area (Å²) >= 11 is 0. The Balaban J connectivity index is 1.56. The fourth-order valence-electron chi connectivity index (χ4n) is 4.85. The van der Waals surface area contributed by atoms with Crippen LogP contribution in [0.25, 0.3) is 22.0 Å². The minimum atomic E-state index is -4.99. The van der Waals surface area contributed by atoms with Crippen LogP contribution >= 0.6 is 0 Å². The number of nitrogens with one attached hydrogen (secondary N) is 1. The molecule has 2 heterocycles. The van der Waals surface area contributed by atoms with Gasteiger partial charge in [-0.05, 0) is 34.5 Å². The summed E-state index contributed by atoms with van der Waals surface area (Å²) in [4.78, 5) is 25.9. The number of halogens is 6. The van der Waals surface area contributed by atoms with Crippen LogP contribution in [-0.2, 0) is 18.9 Å². The van der Waals surface area contributed by atoms with Crippen molar-refractivity contribution in [3.8, 4) is 11.3 Å². The molecule has 5 rings (SSSR count). The number of carbonyl (C=O) groups excluding carboxylic acids is 1. The Bertz CT molecular complexity index is 1540. The summed E-state index contributed by atoms with van der Waals surface area (Å²) in [6, 6.07) is 14.4. The maximum Gasteiger partial charge on any atom is 0.416 e. The normalized spacial score (nSPS) is 14.4. The monoisotopic (exact) mass is 573 g/mol. The smallest absolute Gasteiger partial charge is 0.338 e. The quantitative estimate of drug-likeness (QED) is 0.296. The van der Waals surface area contributed by atoms with Crippen molar-refractivity contribution in [1.82, 2.24) is 20.2 Å². The molecule has 1 aliphatic heterocycles. The summed E-state index contributed by atoms with van der Waals surface area (Å²) < 4.78 is 80.3. The number of piperazine rings is 1. The Morgan fingerprint density at radius 2 is 1.56 bits per heavy atom. The van der Waals surface area contributed by atoms with Gasteiger partial charge >= 0.3 is 12.4 Å². The first-order valence-corrected chi connectivity index (χ1v) is 12.8. The molecule has 214 valence electrons. The first-order chi connectivity index (χ1) is 19.4. The van der Waals surface area contributed by atoms with E-state index in [0.717, 1.165) is 28.8 Å². The highest BCUT2D eigenvalue weighted by Gasteiger charge is 2.37. The van der Waals surface area contributed by atoms with Crippen LogP contribution in [0.3, 0.4) is 0 Å². The highest BCUT2D eigenvalue weighted by molar-refractivity contribution is 6.04. The van der Waals surface area contributed by atoms with Gasteiger partial charge < -0.3 is 15.1 Å². The molecule has 0 aliphatic carbocycles. The minimum absolute atomic E-state index is 0.0621. The van der Waals surface area contributed by atoms with Gasteiger partial charge in [-0.3, -0.25) is 4.79 Å². The van der Waals surface area contributed by atoms with Crippen LogP contribution in [0.2, 0.25) is 0 Å². The minimum Gasteiger partial charge on any atom is -0.338 e. The van der Waals surface area contributed by atoms with E-state index in [4.69, 9.17) is 4.98 Å². The van der Waals surface area contributed by atoms with E-state index in [-0.39, 0.29) is 17.2 Å². The predicted octanol–water partition coefficient (Wildman–Crippen LogP) is 6.02. The maximum absolute atomic E-state index is 13.7. The maximum atomic E-state index is 13.7. The van der Waals surface area contributed by atoms with Gasteiger partial charge in [-0.2, -0.15) is 26.3 Å². The fraction of sp³-hybridized carbons (Fsp3) is 0.276. The molecule has 4 aromatic rings. The van der Waals surface area contributed by atoms with Crippen LogP contribution in [0.4, 0.5) is 32.3 Å². The lowest BCUT2D eigenvalue weighted by molar-refractivity contribution is -0.143. The predicted molar refractivity (Wildman–Crippen MR) is 142 cm³/mol. The Hall–Kier alpha value is -4.19. The molecule has 3 aromatic carbocycles. The number of carbonyl (C=O) groups is 1. The van der Waals surface area contributed by atoms with E-state index in [1.807, 2.05) is 47.4 Å². The van der Waals surface area contributed by atoms with Crippen molar-refractivity contribution in [2.45, 2.75) is 18.9 Å². The van der Waals surface area contributed by atoms with Gasteiger partial charge in [-0.25, -0.2) is 9.97 Å². The molecule has 0 atom stereocenters. The molecule has 1 N–H and O–H groups in total. The summed E-state index contributed by atoms with van der Waals surface area (Å²) in [7, 11) is 1.31. The number of hydrogen-bond donors (Lipinski definition) is 1. The first-order valence-electron chi connectivity index (χ1n) is 12.8. The number of anilines is 1. The van der Waals surface area contributed by atoms with Crippen molar-refractivity contribution in [3.05, 3.63) is 89.1 Å². The molecule has 0 saturated carbocycles. The molecule has 1 fully saturated rings. The molecular weight excluding hydrogens is 548 g/mol. The van der Waals surface area contributed by atoms with Gasteiger partial charge in [0.05, 0.1) is 22.4 Å². The summed E-state index contributed by atoms with van der Waals surface area (Å²) in [5.74, 6) is -0.230. The highest BCUT2D eigenvalue weighted by atomic mass is 19.4. The molecule has 1 saturated heterocycles. The van der Waals surface area contributed by atoms with Crippen molar-refractivity contribution in [2.75, 3.05) is 38.1 Å². The fourth-order valence-corrected chi connectivity index (χ4v) is 4.85. The summed E-state index contributed by atoms with van der Waals surface area (Å²) in [5.41, 5.74) is -2.15. The van der Waals surface area contributed by atoms with E-state index >= 15 is 0 Å². The zero-order chi connectivity index (χ0) is 29.4. The molecule has 1 aromatic heterocycles. The van der Waals surface area contributed by atoms with Crippen LogP contribution in [0.15, 0.2) is 66.9 Å². The second kappa shape index (κ2) is 11.0. The standard InChI is InChI=1S/C29H25F6N5O/c1-39(17-18-13-20(28(30,31)32)15-21(14-18)29(33,34)35)26(41)24-16-37-27(40-11-9-36-10-12-40)38-25(24)23-8-4-6-19-5-2-3-7-22(19)23/h2-8,13-16,36H,9-12,17H2,1H3. The number of aromatic nitrogens is 2. The SMILES string of the molecule is CN(Cc1cc(C(F)(F)F)cc(C(F)(F)F)c1)C(=O)c1cnc(N2CCNCC2)nc1-c1cccc2ccccc12. The molecule has 6 nitrogen and oxygen atoms in total. The van der Waals surface area contributed by atoms with Crippen molar-refractivity contribution in [2.24, 2.45) is 0 Å². The number of amides is 1. The molecule has 0 unspecified atom stereocenters. The van der Waals surface area contributed by atoms with Crippen molar-refractivity contribution in [1.29, 1.82) is 0 Å². The molecule has 1 aliphatic rings. The zero-order valence-electron chi connectivity index (χ0n) is 21.9. The number of benzene rings is 3. The number of rotatable bonds is 5. The lowest BCUT2D eigenvalue weighted by Gasteiger charge is -2.28. The van der Waals surface area contributed by atoms with Gasteiger partial charge in [0, 0.05) is 51.5 Å². The first kappa shape index (κ1) is 28.3. The van der Waals surface area contributed by atoms with Crippen LogP contribution in [-0.4, -0.2) is 54.0 Å². The van der Waals surface area contributed by atoms with E-state index < -0.39 is 35.9 Å². The van der Waals surface area contributed by atoms with Gasteiger partial charge in [-0.1, -0.05) is 42.5 Å². The average Bonchev–Trinajstić information content (AvgIpc) is 2.95. The topological polar surface area (TPSA) is 61.4 Å². The number of nitrogens with zero attached hydrogens (tertiary/aromatic N) is 4. The third kappa shape index (κ3) is 6.12. The third-order valence-electron chi connectivity index (χ3n) is 6.86. The molecule has 12 heteroatoms. The van der Waals surface area contributed by atoms with Crippen molar-refractivity contribution in [3.63, 3.8) is 0 Å². The van der Waals surface area contributed by atoms with Gasteiger partial charge in [0.2, 0.25) is 5.95 Å². The van der Waals surface area contributed by atoms with Gasteiger partial charge in [-0.15, -0.1) is 0 Å². The summed E-state index contributed by atoms with van der Waals surface area (Å²) in [5, 5.41) is 4.98. The van der Waals surface area contributed by atoms with E-state index in [1.54, 1.807) is 0 Å². The molecule has 0 bridgehead atoms. The third-order valence-corrected chi connectivity index (χ3v) is 6.86. The summed E-state index contributed by atoms with van der Waals surface area (Å²) in [6.07, 6.45) is -8.62. The Labute approximate surface area is 231 Å². The van der Waals surface area contributed by atoms with Crippen LogP contribution in [0.5, 0.6) is 0 Å². The summed E-state index contributed by atoms with van der Waals surface area (Å²) in [6.45, 7) is 2.26.